The van der Waals surface area contributed by atoms with Crippen LogP contribution in [0.1, 0.15) is 62.8 Å². The van der Waals surface area contributed by atoms with Crippen LogP contribution < -0.4 is 15.8 Å². The standard InChI is InChI=1S/C23H34ClN3O3/c24-19-9-10-21(20(14-19)17-6-2-1-3-7-17)30-16-22(28)26-11-5-13-27-12-4-8-18(15-27)23(25)29/h9-10,14,17-18H,1-8,11-13,15-16H2,(H2,25,29)(H,26,28). The Kier molecular flexibility index (Phi) is 8.82. The van der Waals surface area contributed by atoms with Gasteiger partial charge < -0.3 is 20.7 Å². The lowest BCUT2D eigenvalue weighted by Crippen LogP contribution is -2.42. The number of piperidine rings is 1. The number of nitrogens with zero attached hydrogens (tertiary/aromatic N) is 1. The van der Waals surface area contributed by atoms with Gasteiger partial charge in [0.15, 0.2) is 6.61 Å². The van der Waals surface area contributed by atoms with E-state index in [1.807, 2.05) is 18.2 Å². The van der Waals surface area contributed by atoms with E-state index in [2.05, 4.69) is 10.2 Å². The SMILES string of the molecule is NC(=O)C1CCCN(CCCNC(=O)COc2ccc(Cl)cc2C2CCCCC2)C1. The number of hydrogen-bond acceptors (Lipinski definition) is 4. The molecule has 1 heterocycles. The summed E-state index contributed by atoms with van der Waals surface area (Å²) in [5.41, 5.74) is 6.56. The number of rotatable bonds is 9. The molecule has 0 bridgehead atoms. The minimum absolute atomic E-state index is 0.00875. The van der Waals surface area contributed by atoms with Crippen LogP contribution in [0.4, 0.5) is 0 Å². The Labute approximate surface area is 184 Å². The van der Waals surface area contributed by atoms with E-state index in [1.54, 1.807) is 0 Å². The molecule has 3 N–H and O–H groups in total. The molecule has 2 amide bonds. The van der Waals surface area contributed by atoms with Crippen LogP contribution in [-0.4, -0.2) is 49.5 Å². The maximum atomic E-state index is 12.2. The first-order valence-corrected chi connectivity index (χ1v) is 11.6. The van der Waals surface area contributed by atoms with Gasteiger partial charge in [-0.15, -0.1) is 0 Å². The number of hydrogen-bond donors (Lipinski definition) is 2. The summed E-state index contributed by atoms with van der Waals surface area (Å²) < 4.78 is 5.86. The van der Waals surface area contributed by atoms with Gasteiger partial charge in [0.25, 0.3) is 5.91 Å². The number of nitrogens with two attached hydrogens (primary N) is 1. The summed E-state index contributed by atoms with van der Waals surface area (Å²) in [4.78, 5) is 25.9. The molecule has 1 aliphatic carbocycles. The molecule has 3 rings (SSSR count). The zero-order valence-corrected chi connectivity index (χ0v) is 18.5. The number of primary amides is 1. The van der Waals surface area contributed by atoms with Crippen LogP contribution >= 0.6 is 11.6 Å². The number of halogens is 1. The van der Waals surface area contributed by atoms with Gasteiger partial charge in [-0.05, 0) is 74.9 Å². The Hall–Kier alpha value is -1.79. The molecule has 0 radical (unpaired) electrons. The molecule has 1 aromatic rings. The predicted molar refractivity (Wildman–Crippen MR) is 119 cm³/mol. The van der Waals surface area contributed by atoms with E-state index < -0.39 is 0 Å². The van der Waals surface area contributed by atoms with Gasteiger partial charge in [0.1, 0.15) is 5.75 Å². The summed E-state index contributed by atoms with van der Waals surface area (Å²) in [5, 5.41) is 3.64. The van der Waals surface area contributed by atoms with Crippen LogP contribution in [0.25, 0.3) is 0 Å². The third kappa shape index (κ3) is 6.88. The molecule has 1 aromatic carbocycles. The van der Waals surface area contributed by atoms with Crippen molar-refractivity contribution >= 4 is 23.4 Å². The number of ether oxygens (including phenoxy) is 1. The van der Waals surface area contributed by atoms with Crippen molar-refractivity contribution in [2.75, 3.05) is 32.8 Å². The molecular weight excluding hydrogens is 402 g/mol. The van der Waals surface area contributed by atoms with Crippen LogP contribution in [-0.2, 0) is 9.59 Å². The first kappa shape index (κ1) is 22.9. The molecule has 1 unspecified atom stereocenters. The minimum Gasteiger partial charge on any atom is -0.483 e. The molecule has 1 aliphatic heterocycles. The van der Waals surface area contributed by atoms with Gasteiger partial charge in [-0.2, -0.15) is 0 Å². The van der Waals surface area contributed by atoms with Crippen molar-refractivity contribution < 1.29 is 14.3 Å². The summed E-state index contributed by atoms with van der Waals surface area (Å²) in [6.07, 6.45) is 8.77. The maximum absolute atomic E-state index is 12.2. The lowest BCUT2D eigenvalue weighted by Gasteiger charge is -2.31. The lowest BCUT2D eigenvalue weighted by atomic mass is 9.84. The summed E-state index contributed by atoms with van der Waals surface area (Å²) in [6.45, 7) is 3.17. The van der Waals surface area contributed by atoms with E-state index in [-0.39, 0.29) is 24.3 Å². The number of benzene rings is 1. The quantitative estimate of drug-likeness (QED) is 0.581. The van der Waals surface area contributed by atoms with Crippen LogP contribution in [0, 0.1) is 5.92 Å². The van der Waals surface area contributed by atoms with E-state index in [9.17, 15) is 9.59 Å². The van der Waals surface area contributed by atoms with Crippen molar-refractivity contribution in [1.29, 1.82) is 0 Å². The molecule has 1 atom stereocenters. The molecule has 1 saturated carbocycles. The van der Waals surface area contributed by atoms with E-state index in [0.29, 0.717) is 17.5 Å². The first-order valence-electron chi connectivity index (χ1n) is 11.2. The second-order valence-corrected chi connectivity index (χ2v) is 8.99. The normalized spacial score (nSPS) is 20.6. The van der Waals surface area contributed by atoms with Gasteiger partial charge in [-0.1, -0.05) is 30.9 Å². The first-order chi connectivity index (χ1) is 14.5. The second kappa shape index (κ2) is 11.6. The van der Waals surface area contributed by atoms with E-state index >= 15 is 0 Å². The number of nitrogens with one attached hydrogen (secondary N) is 1. The summed E-state index contributed by atoms with van der Waals surface area (Å²) in [5.74, 6) is 0.865. The van der Waals surface area contributed by atoms with Crippen molar-refractivity contribution in [1.82, 2.24) is 10.2 Å². The van der Waals surface area contributed by atoms with Crippen molar-refractivity contribution in [3.8, 4) is 5.75 Å². The molecule has 2 fully saturated rings. The van der Waals surface area contributed by atoms with Gasteiger partial charge in [0.2, 0.25) is 5.91 Å². The Morgan fingerprint density at radius 3 is 2.73 bits per heavy atom. The molecule has 7 heteroatoms. The smallest absolute Gasteiger partial charge is 0.257 e. The number of amides is 2. The topological polar surface area (TPSA) is 84.7 Å². The average Bonchev–Trinajstić information content (AvgIpc) is 2.76. The van der Waals surface area contributed by atoms with E-state index in [0.717, 1.165) is 63.1 Å². The highest BCUT2D eigenvalue weighted by Gasteiger charge is 2.23. The number of likely N-dealkylation sites (tertiary alicyclic amines) is 1. The molecular formula is C23H34ClN3O3. The fraction of sp³-hybridized carbons (Fsp3) is 0.652. The van der Waals surface area contributed by atoms with Crippen molar-refractivity contribution in [2.45, 2.75) is 57.3 Å². The van der Waals surface area contributed by atoms with E-state index in [4.69, 9.17) is 22.1 Å². The van der Waals surface area contributed by atoms with Crippen molar-refractivity contribution in [3.05, 3.63) is 28.8 Å². The molecule has 0 spiro atoms. The predicted octanol–water partition coefficient (Wildman–Crippen LogP) is 3.47. The summed E-state index contributed by atoms with van der Waals surface area (Å²) in [7, 11) is 0. The molecule has 166 valence electrons. The van der Waals surface area contributed by atoms with Crippen molar-refractivity contribution in [2.24, 2.45) is 11.7 Å². The highest BCUT2D eigenvalue weighted by molar-refractivity contribution is 6.30. The fourth-order valence-electron chi connectivity index (χ4n) is 4.60. The molecule has 0 aromatic heterocycles. The highest BCUT2D eigenvalue weighted by atomic mass is 35.5. The van der Waals surface area contributed by atoms with Crippen LogP contribution in [0.15, 0.2) is 18.2 Å². The summed E-state index contributed by atoms with van der Waals surface area (Å²) in [6, 6.07) is 5.69. The van der Waals surface area contributed by atoms with Crippen LogP contribution in [0.2, 0.25) is 5.02 Å². The number of carbonyl (C=O) groups is 2. The minimum atomic E-state index is -0.208. The van der Waals surface area contributed by atoms with E-state index in [1.165, 1.54) is 19.3 Å². The third-order valence-electron chi connectivity index (χ3n) is 6.26. The number of carbonyl (C=O) groups excluding carboxylic acids is 2. The summed E-state index contributed by atoms with van der Waals surface area (Å²) >= 11 is 6.21. The highest BCUT2D eigenvalue weighted by Crippen LogP contribution is 2.38. The lowest BCUT2D eigenvalue weighted by molar-refractivity contribution is -0.123. The Morgan fingerprint density at radius 2 is 1.97 bits per heavy atom. The Balaban J connectivity index is 1.39. The molecule has 2 aliphatic rings. The van der Waals surface area contributed by atoms with Gasteiger partial charge in [-0.25, -0.2) is 0 Å². The van der Waals surface area contributed by atoms with Gasteiger partial charge in [0, 0.05) is 18.1 Å². The van der Waals surface area contributed by atoms with Gasteiger partial charge in [0.05, 0.1) is 5.92 Å². The van der Waals surface area contributed by atoms with Crippen molar-refractivity contribution in [3.63, 3.8) is 0 Å². The van der Waals surface area contributed by atoms with Gasteiger partial charge >= 0.3 is 0 Å². The average molecular weight is 436 g/mol. The zero-order valence-electron chi connectivity index (χ0n) is 17.7. The Morgan fingerprint density at radius 1 is 1.17 bits per heavy atom. The largest absolute Gasteiger partial charge is 0.483 e. The zero-order chi connectivity index (χ0) is 21.3. The Bertz CT molecular complexity index is 722. The molecule has 6 nitrogen and oxygen atoms in total. The van der Waals surface area contributed by atoms with Crippen LogP contribution in [0.5, 0.6) is 5.75 Å². The fourth-order valence-corrected chi connectivity index (χ4v) is 4.78. The monoisotopic (exact) mass is 435 g/mol. The van der Waals surface area contributed by atoms with Crippen LogP contribution in [0.3, 0.4) is 0 Å². The third-order valence-corrected chi connectivity index (χ3v) is 6.49. The second-order valence-electron chi connectivity index (χ2n) is 8.55. The molecule has 1 saturated heterocycles. The molecule has 30 heavy (non-hydrogen) atoms. The van der Waals surface area contributed by atoms with Gasteiger partial charge in [-0.3, -0.25) is 9.59 Å². The maximum Gasteiger partial charge on any atom is 0.257 e.